The van der Waals surface area contributed by atoms with Gasteiger partial charge >= 0.3 is 0 Å². The molecule has 21 heavy (non-hydrogen) atoms. The van der Waals surface area contributed by atoms with Crippen LogP contribution in [0.4, 0.5) is 11.4 Å². The maximum Gasteiger partial charge on any atom is 0.270 e. The topological polar surface area (TPSA) is 79.0 Å². The Bertz CT molecular complexity index is 738. The number of benzene rings is 2. The lowest BCUT2D eigenvalue weighted by Crippen LogP contribution is -2.03. The monoisotopic (exact) mass is 301 g/mol. The van der Waals surface area contributed by atoms with E-state index >= 15 is 0 Å². The lowest BCUT2D eigenvalue weighted by Gasteiger charge is -2.10. The van der Waals surface area contributed by atoms with Gasteiger partial charge in [0.1, 0.15) is 6.07 Å². The van der Waals surface area contributed by atoms with E-state index in [9.17, 15) is 10.1 Å². The Morgan fingerprint density at radius 2 is 2.10 bits per heavy atom. The molecule has 2 rings (SSSR count). The molecule has 106 valence electrons. The van der Waals surface area contributed by atoms with Crippen molar-refractivity contribution in [3.63, 3.8) is 0 Å². The molecule has 0 amide bonds. The summed E-state index contributed by atoms with van der Waals surface area (Å²) in [7, 11) is 0. The van der Waals surface area contributed by atoms with Gasteiger partial charge in [-0.3, -0.25) is 10.1 Å². The van der Waals surface area contributed by atoms with Crippen LogP contribution in [0.5, 0.6) is 0 Å². The van der Waals surface area contributed by atoms with Crippen molar-refractivity contribution >= 4 is 23.0 Å². The van der Waals surface area contributed by atoms with Crippen molar-refractivity contribution in [1.29, 1.82) is 5.26 Å². The summed E-state index contributed by atoms with van der Waals surface area (Å²) >= 11 is 5.90. The van der Waals surface area contributed by atoms with Gasteiger partial charge in [-0.25, -0.2) is 0 Å². The summed E-state index contributed by atoms with van der Waals surface area (Å²) in [6, 6.07) is 11.7. The fourth-order valence-electron chi connectivity index (χ4n) is 1.94. The first-order chi connectivity index (χ1) is 10.0. The minimum Gasteiger partial charge on any atom is -0.380 e. The van der Waals surface area contributed by atoms with Gasteiger partial charge < -0.3 is 5.32 Å². The molecule has 0 aromatic heterocycles. The summed E-state index contributed by atoms with van der Waals surface area (Å²) in [6.45, 7) is 2.46. The number of non-ortho nitro benzene ring substituents is 1. The second-order valence-electron chi connectivity index (χ2n) is 4.52. The van der Waals surface area contributed by atoms with Crippen LogP contribution in [0.1, 0.15) is 16.7 Å². The molecule has 0 fully saturated rings. The van der Waals surface area contributed by atoms with Crippen LogP contribution in [-0.2, 0) is 6.54 Å². The van der Waals surface area contributed by atoms with Gasteiger partial charge in [-0.1, -0.05) is 17.7 Å². The Morgan fingerprint density at radius 1 is 1.33 bits per heavy atom. The van der Waals surface area contributed by atoms with Gasteiger partial charge in [-0.15, -0.1) is 0 Å². The molecule has 1 N–H and O–H groups in total. The molecule has 0 aliphatic carbocycles. The molecule has 0 unspecified atom stereocenters. The zero-order chi connectivity index (χ0) is 15.4. The summed E-state index contributed by atoms with van der Waals surface area (Å²) in [5.41, 5.74) is 2.80. The van der Waals surface area contributed by atoms with Gasteiger partial charge in [0.05, 0.1) is 16.2 Å². The fraction of sp³-hybridized carbons (Fsp3) is 0.133. The molecule has 0 heterocycles. The Morgan fingerprint density at radius 3 is 2.71 bits per heavy atom. The predicted molar refractivity (Wildman–Crippen MR) is 81.3 cm³/mol. The molecule has 0 atom stereocenters. The van der Waals surface area contributed by atoms with Gasteiger partial charge in [-0.05, 0) is 36.2 Å². The number of nitro groups is 1. The van der Waals surface area contributed by atoms with E-state index in [-0.39, 0.29) is 11.3 Å². The van der Waals surface area contributed by atoms with E-state index < -0.39 is 4.92 Å². The predicted octanol–water partition coefficient (Wildman–Crippen LogP) is 4.04. The maximum absolute atomic E-state index is 10.7. The Labute approximate surface area is 126 Å². The van der Waals surface area contributed by atoms with Crippen LogP contribution in [0.2, 0.25) is 5.02 Å². The van der Waals surface area contributed by atoms with E-state index in [1.807, 2.05) is 25.1 Å². The Kier molecular flexibility index (Phi) is 4.41. The Balaban J connectivity index is 2.20. The number of nitro benzene ring substituents is 1. The lowest BCUT2D eigenvalue weighted by atomic mass is 10.1. The van der Waals surface area contributed by atoms with Crippen molar-refractivity contribution in [3.05, 3.63) is 68.2 Å². The van der Waals surface area contributed by atoms with Gasteiger partial charge in [0.15, 0.2) is 0 Å². The van der Waals surface area contributed by atoms with E-state index in [0.29, 0.717) is 17.3 Å². The van der Waals surface area contributed by atoms with Crippen LogP contribution < -0.4 is 5.32 Å². The number of nitriles is 1. The molecule has 0 aliphatic heterocycles. The largest absolute Gasteiger partial charge is 0.380 e. The van der Waals surface area contributed by atoms with Gasteiger partial charge in [0.25, 0.3) is 5.69 Å². The molecule has 0 spiro atoms. The van der Waals surface area contributed by atoms with E-state index in [0.717, 1.165) is 11.1 Å². The third-order valence-electron chi connectivity index (χ3n) is 3.11. The van der Waals surface area contributed by atoms with Crippen molar-refractivity contribution < 1.29 is 4.92 Å². The minimum atomic E-state index is -0.520. The van der Waals surface area contributed by atoms with Crippen molar-refractivity contribution in [2.75, 3.05) is 5.32 Å². The SMILES string of the molecule is Cc1cc(Cl)ccc1CNc1ccc([N+](=O)[O-])cc1C#N. The van der Waals surface area contributed by atoms with Crippen LogP contribution in [0.15, 0.2) is 36.4 Å². The molecular formula is C15H12ClN3O2. The second kappa shape index (κ2) is 6.25. The number of nitrogens with zero attached hydrogens (tertiary/aromatic N) is 2. The first kappa shape index (κ1) is 14.8. The molecule has 0 saturated carbocycles. The average Bonchev–Trinajstić information content (AvgIpc) is 2.46. The van der Waals surface area contributed by atoms with Crippen LogP contribution in [0.25, 0.3) is 0 Å². The van der Waals surface area contributed by atoms with Crippen LogP contribution in [0.3, 0.4) is 0 Å². The summed E-state index contributed by atoms with van der Waals surface area (Å²) < 4.78 is 0. The Hall–Kier alpha value is -2.58. The van der Waals surface area contributed by atoms with Crippen LogP contribution in [0, 0.1) is 28.4 Å². The second-order valence-corrected chi connectivity index (χ2v) is 4.96. The van der Waals surface area contributed by atoms with E-state index in [1.165, 1.54) is 12.1 Å². The highest BCUT2D eigenvalue weighted by Crippen LogP contribution is 2.23. The van der Waals surface area contributed by atoms with E-state index in [1.54, 1.807) is 12.1 Å². The smallest absolute Gasteiger partial charge is 0.270 e. The summed E-state index contributed by atoms with van der Waals surface area (Å²) in [5, 5.41) is 23.6. The van der Waals surface area contributed by atoms with Crippen LogP contribution >= 0.6 is 11.6 Å². The molecule has 2 aromatic rings. The quantitative estimate of drug-likeness (QED) is 0.682. The zero-order valence-electron chi connectivity index (χ0n) is 11.3. The van der Waals surface area contributed by atoms with Gasteiger partial charge in [0, 0.05) is 23.7 Å². The standard InChI is InChI=1S/C15H12ClN3O2/c1-10-6-13(16)3-2-11(10)9-18-15-5-4-14(19(20)21)7-12(15)8-17/h2-7,18H,9H2,1H3. The number of nitrogens with one attached hydrogen (secondary N) is 1. The minimum absolute atomic E-state index is 0.0974. The summed E-state index contributed by atoms with van der Waals surface area (Å²) in [6.07, 6.45) is 0. The normalized spacial score (nSPS) is 9.95. The molecular weight excluding hydrogens is 290 g/mol. The van der Waals surface area contributed by atoms with Crippen molar-refractivity contribution in [1.82, 2.24) is 0 Å². The van der Waals surface area contributed by atoms with Gasteiger partial charge in [-0.2, -0.15) is 5.26 Å². The first-order valence-electron chi connectivity index (χ1n) is 6.18. The number of aryl methyl sites for hydroxylation is 1. The van der Waals surface area contributed by atoms with Crippen molar-refractivity contribution in [3.8, 4) is 6.07 Å². The molecule has 6 heteroatoms. The third kappa shape index (κ3) is 3.50. The molecule has 0 radical (unpaired) electrons. The fourth-order valence-corrected chi connectivity index (χ4v) is 2.17. The van der Waals surface area contributed by atoms with E-state index in [4.69, 9.17) is 16.9 Å². The molecule has 2 aromatic carbocycles. The summed E-state index contributed by atoms with van der Waals surface area (Å²) in [5.74, 6) is 0. The molecule has 0 bridgehead atoms. The molecule has 0 aliphatic rings. The maximum atomic E-state index is 10.7. The number of rotatable bonds is 4. The number of halogens is 1. The number of hydrogen-bond acceptors (Lipinski definition) is 4. The highest BCUT2D eigenvalue weighted by atomic mass is 35.5. The molecule has 5 nitrogen and oxygen atoms in total. The first-order valence-corrected chi connectivity index (χ1v) is 6.56. The van der Waals surface area contributed by atoms with Crippen molar-refractivity contribution in [2.24, 2.45) is 0 Å². The third-order valence-corrected chi connectivity index (χ3v) is 3.34. The highest BCUT2D eigenvalue weighted by molar-refractivity contribution is 6.30. The number of hydrogen-bond donors (Lipinski definition) is 1. The van der Waals surface area contributed by atoms with E-state index in [2.05, 4.69) is 5.32 Å². The average molecular weight is 302 g/mol. The van der Waals surface area contributed by atoms with Crippen molar-refractivity contribution in [2.45, 2.75) is 13.5 Å². The summed E-state index contributed by atoms with van der Waals surface area (Å²) in [4.78, 5) is 10.2. The van der Waals surface area contributed by atoms with Gasteiger partial charge in [0.2, 0.25) is 0 Å². The highest BCUT2D eigenvalue weighted by Gasteiger charge is 2.10. The zero-order valence-corrected chi connectivity index (χ0v) is 12.0. The number of anilines is 1. The molecule has 0 saturated heterocycles. The van der Waals surface area contributed by atoms with Crippen LogP contribution in [-0.4, -0.2) is 4.92 Å². The lowest BCUT2D eigenvalue weighted by molar-refractivity contribution is -0.384.